The molecule has 1 aliphatic heterocycles. The fraction of sp³-hybridized carbons (Fsp3) is 0.474. The molecular formula is C19H25N3OS. The average Bonchev–Trinajstić information content (AvgIpc) is 3.15. The third-order valence-electron chi connectivity index (χ3n) is 4.54. The van der Waals surface area contributed by atoms with Gasteiger partial charge < -0.3 is 9.47 Å². The molecule has 2 aromatic rings. The Hall–Kier alpha value is -1.88. The van der Waals surface area contributed by atoms with Crippen molar-refractivity contribution in [1.82, 2.24) is 9.47 Å². The fourth-order valence-corrected chi connectivity index (χ4v) is 3.98. The quantitative estimate of drug-likeness (QED) is 0.788. The summed E-state index contributed by atoms with van der Waals surface area (Å²) in [5.41, 5.74) is 3.56. The lowest BCUT2D eigenvalue weighted by Crippen LogP contribution is -2.27. The Bertz CT molecular complexity index is 758. The Balaban J connectivity index is 1.70. The second-order valence-corrected chi connectivity index (χ2v) is 7.12. The number of hydrogen-bond acceptors (Lipinski definition) is 3. The van der Waals surface area contributed by atoms with Crippen LogP contribution in [0.15, 0.2) is 34.6 Å². The van der Waals surface area contributed by atoms with E-state index in [0.717, 1.165) is 55.8 Å². The molecule has 1 amide bonds. The standard InChI is InChI=1S/C19H25N3OS/c1-3-16-7-9-17(10-8-16)20-19-22(15(2)14-24-19)13-5-12-21-11-4-6-18(21)23/h7-10,14H,3-6,11-13H2,1-2H3. The van der Waals surface area contributed by atoms with Gasteiger partial charge in [-0.1, -0.05) is 19.1 Å². The largest absolute Gasteiger partial charge is 0.343 e. The highest BCUT2D eigenvalue weighted by Crippen LogP contribution is 2.14. The maximum atomic E-state index is 11.7. The fourth-order valence-electron chi connectivity index (χ4n) is 3.05. The van der Waals surface area contributed by atoms with Crippen molar-refractivity contribution in [2.24, 2.45) is 4.99 Å². The summed E-state index contributed by atoms with van der Waals surface area (Å²) in [6.45, 7) is 6.97. The highest BCUT2D eigenvalue weighted by Gasteiger charge is 2.19. The zero-order chi connectivity index (χ0) is 16.9. The molecule has 128 valence electrons. The van der Waals surface area contributed by atoms with Gasteiger partial charge in [0.15, 0.2) is 4.80 Å². The van der Waals surface area contributed by atoms with E-state index in [1.165, 1.54) is 11.3 Å². The van der Waals surface area contributed by atoms with Gasteiger partial charge in [0.05, 0.1) is 5.69 Å². The zero-order valence-corrected chi connectivity index (χ0v) is 15.3. The van der Waals surface area contributed by atoms with Crippen molar-refractivity contribution in [2.75, 3.05) is 13.1 Å². The first-order valence-electron chi connectivity index (χ1n) is 8.73. The number of hydrogen-bond donors (Lipinski definition) is 0. The van der Waals surface area contributed by atoms with E-state index in [2.05, 4.69) is 48.1 Å². The number of nitrogens with zero attached hydrogens (tertiary/aromatic N) is 3. The predicted molar refractivity (Wildman–Crippen MR) is 98.5 cm³/mol. The molecule has 1 aliphatic rings. The summed E-state index contributed by atoms with van der Waals surface area (Å²) in [5.74, 6) is 0.308. The molecule has 1 saturated heterocycles. The summed E-state index contributed by atoms with van der Waals surface area (Å²) in [7, 11) is 0. The van der Waals surface area contributed by atoms with Crippen LogP contribution in [0.1, 0.15) is 37.4 Å². The van der Waals surface area contributed by atoms with Crippen molar-refractivity contribution in [3.63, 3.8) is 0 Å². The number of benzene rings is 1. The number of likely N-dealkylation sites (tertiary alicyclic amines) is 1. The average molecular weight is 343 g/mol. The summed E-state index contributed by atoms with van der Waals surface area (Å²) < 4.78 is 2.26. The SMILES string of the molecule is CCc1ccc(N=c2scc(C)n2CCCN2CCCC2=O)cc1. The molecule has 0 unspecified atom stereocenters. The first-order valence-corrected chi connectivity index (χ1v) is 9.61. The molecule has 24 heavy (non-hydrogen) atoms. The number of thiazole rings is 1. The molecule has 1 aromatic carbocycles. The summed E-state index contributed by atoms with van der Waals surface area (Å²) in [5, 5.41) is 2.15. The Morgan fingerprint density at radius 2 is 2.00 bits per heavy atom. The van der Waals surface area contributed by atoms with Crippen LogP contribution < -0.4 is 4.80 Å². The number of aromatic nitrogens is 1. The summed E-state index contributed by atoms with van der Waals surface area (Å²) in [4.78, 5) is 19.5. The van der Waals surface area contributed by atoms with E-state index in [4.69, 9.17) is 4.99 Å². The van der Waals surface area contributed by atoms with Gasteiger partial charge in [0.2, 0.25) is 5.91 Å². The van der Waals surface area contributed by atoms with Crippen LogP contribution in [0.25, 0.3) is 0 Å². The van der Waals surface area contributed by atoms with E-state index in [1.807, 2.05) is 4.90 Å². The third-order valence-corrected chi connectivity index (χ3v) is 5.52. The van der Waals surface area contributed by atoms with Gasteiger partial charge in [-0.25, -0.2) is 4.99 Å². The Morgan fingerprint density at radius 1 is 1.21 bits per heavy atom. The van der Waals surface area contributed by atoms with Gasteiger partial charge in [-0.3, -0.25) is 4.79 Å². The van der Waals surface area contributed by atoms with Gasteiger partial charge in [-0.05, 0) is 43.9 Å². The molecule has 1 fully saturated rings. The Labute approximate surface area is 147 Å². The monoisotopic (exact) mass is 343 g/mol. The molecule has 5 heteroatoms. The van der Waals surface area contributed by atoms with Crippen LogP contribution in [0.3, 0.4) is 0 Å². The summed E-state index contributed by atoms with van der Waals surface area (Å²) >= 11 is 1.68. The molecule has 0 spiro atoms. The minimum atomic E-state index is 0.308. The lowest BCUT2D eigenvalue weighted by atomic mass is 10.2. The van der Waals surface area contributed by atoms with E-state index < -0.39 is 0 Å². The van der Waals surface area contributed by atoms with Crippen LogP contribution in [-0.2, 0) is 17.8 Å². The molecule has 0 aliphatic carbocycles. The van der Waals surface area contributed by atoms with Gasteiger partial charge >= 0.3 is 0 Å². The van der Waals surface area contributed by atoms with Gasteiger partial charge in [0.25, 0.3) is 0 Å². The van der Waals surface area contributed by atoms with E-state index >= 15 is 0 Å². The van der Waals surface area contributed by atoms with E-state index in [1.54, 1.807) is 11.3 Å². The molecule has 0 bridgehead atoms. The summed E-state index contributed by atoms with van der Waals surface area (Å²) in [6, 6.07) is 8.45. The van der Waals surface area contributed by atoms with Crippen LogP contribution in [0.4, 0.5) is 5.69 Å². The molecule has 3 rings (SSSR count). The minimum absolute atomic E-state index is 0.308. The third kappa shape index (κ3) is 3.96. The van der Waals surface area contributed by atoms with Crippen molar-refractivity contribution in [1.29, 1.82) is 0 Å². The molecule has 0 atom stereocenters. The first kappa shape index (κ1) is 17.0. The normalized spacial score (nSPS) is 15.5. The molecular weight excluding hydrogens is 318 g/mol. The summed E-state index contributed by atoms with van der Waals surface area (Å²) in [6.07, 6.45) is 3.76. The van der Waals surface area contributed by atoms with E-state index in [-0.39, 0.29) is 0 Å². The lowest BCUT2D eigenvalue weighted by molar-refractivity contribution is -0.127. The smallest absolute Gasteiger partial charge is 0.222 e. The van der Waals surface area contributed by atoms with Gasteiger partial charge in [-0.15, -0.1) is 11.3 Å². The number of rotatable bonds is 6. The zero-order valence-electron chi connectivity index (χ0n) is 14.5. The van der Waals surface area contributed by atoms with Crippen LogP contribution in [-0.4, -0.2) is 28.5 Å². The van der Waals surface area contributed by atoms with Crippen molar-refractivity contribution in [3.05, 3.63) is 45.7 Å². The molecule has 0 N–H and O–H groups in total. The highest BCUT2D eigenvalue weighted by molar-refractivity contribution is 7.07. The number of carbonyl (C=O) groups is 1. The van der Waals surface area contributed by atoms with Crippen LogP contribution in [0, 0.1) is 6.92 Å². The Kier molecular flexibility index (Phi) is 5.51. The van der Waals surface area contributed by atoms with Crippen LogP contribution in [0.2, 0.25) is 0 Å². The number of aryl methyl sites for hydroxylation is 2. The maximum Gasteiger partial charge on any atom is 0.222 e. The van der Waals surface area contributed by atoms with Gasteiger partial charge in [0.1, 0.15) is 0 Å². The van der Waals surface area contributed by atoms with Crippen molar-refractivity contribution in [3.8, 4) is 0 Å². The predicted octanol–water partition coefficient (Wildman–Crippen LogP) is 3.67. The lowest BCUT2D eigenvalue weighted by Gasteiger charge is -2.15. The van der Waals surface area contributed by atoms with Crippen LogP contribution in [0.5, 0.6) is 0 Å². The molecule has 2 heterocycles. The highest BCUT2D eigenvalue weighted by atomic mass is 32.1. The number of carbonyl (C=O) groups excluding carboxylic acids is 1. The van der Waals surface area contributed by atoms with E-state index in [0.29, 0.717) is 5.91 Å². The second kappa shape index (κ2) is 7.79. The van der Waals surface area contributed by atoms with Crippen molar-refractivity contribution >= 4 is 22.9 Å². The maximum absolute atomic E-state index is 11.7. The topological polar surface area (TPSA) is 37.6 Å². The van der Waals surface area contributed by atoms with Gasteiger partial charge in [0, 0.05) is 37.1 Å². The molecule has 4 nitrogen and oxygen atoms in total. The van der Waals surface area contributed by atoms with Crippen LogP contribution >= 0.6 is 11.3 Å². The Morgan fingerprint density at radius 3 is 2.67 bits per heavy atom. The minimum Gasteiger partial charge on any atom is -0.343 e. The number of amides is 1. The molecule has 1 aromatic heterocycles. The first-order chi connectivity index (χ1) is 11.7. The molecule has 0 saturated carbocycles. The second-order valence-electron chi connectivity index (χ2n) is 6.28. The van der Waals surface area contributed by atoms with Crippen molar-refractivity contribution in [2.45, 2.75) is 46.1 Å². The van der Waals surface area contributed by atoms with E-state index in [9.17, 15) is 4.79 Å². The molecule has 0 radical (unpaired) electrons. The van der Waals surface area contributed by atoms with Crippen molar-refractivity contribution < 1.29 is 4.79 Å². The van der Waals surface area contributed by atoms with Gasteiger partial charge in [-0.2, -0.15) is 0 Å².